The quantitative estimate of drug-likeness (QED) is 0.364. The molecule has 0 aromatic heterocycles. The number of ketones is 2. The SMILES string of the molecule is Nc1cccc2c1C(=O)C1=C(C2=O)C(N)(S(=O)(=O)O)C(S(=O)(=O)O)C=C1. The number of anilines is 1. The van der Waals surface area contributed by atoms with Gasteiger partial charge in [-0.1, -0.05) is 24.3 Å². The second-order valence-electron chi connectivity index (χ2n) is 5.78. The minimum Gasteiger partial charge on any atom is -0.398 e. The Bertz CT molecular complexity index is 1150. The molecule has 0 fully saturated rings. The third-order valence-corrected chi connectivity index (χ3v) is 6.94. The van der Waals surface area contributed by atoms with Gasteiger partial charge in [0.2, 0.25) is 0 Å². The fourth-order valence-electron chi connectivity index (χ4n) is 3.13. The van der Waals surface area contributed by atoms with Crippen molar-refractivity contribution >= 4 is 37.5 Å². The first kappa shape index (κ1) is 18.4. The average Bonchev–Trinajstić information content (AvgIpc) is 2.49. The Labute approximate surface area is 147 Å². The Kier molecular flexibility index (Phi) is 3.76. The van der Waals surface area contributed by atoms with Gasteiger partial charge in [0.05, 0.1) is 11.1 Å². The van der Waals surface area contributed by atoms with Gasteiger partial charge < -0.3 is 11.5 Å². The number of hydrogen-bond donors (Lipinski definition) is 4. The standard InChI is InChI=1S/C14H12N2O8S2/c15-8-3-1-2-6-10(8)12(17)7-4-5-9(25(19,20)21)14(16,26(22,23)24)11(7)13(6)18/h1-5,9H,15-16H2,(H,19,20,21)(H,22,23,24). The van der Waals surface area contributed by atoms with E-state index in [0.717, 1.165) is 6.08 Å². The van der Waals surface area contributed by atoms with Gasteiger partial charge in [0.1, 0.15) is 5.25 Å². The average molecular weight is 400 g/mol. The molecule has 0 saturated carbocycles. The Morgan fingerprint density at radius 1 is 1.04 bits per heavy atom. The third-order valence-electron chi connectivity index (χ3n) is 4.31. The van der Waals surface area contributed by atoms with Crippen molar-refractivity contribution < 1.29 is 35.5 Å². The molecule has 0 amide bonds. The van der Waals surface area contributed by atoms with Gasteiger partial charge in [0.15, 0.2) is 16.4 Å². The van der Waals surface area contributed by atoms with Crippen LogP contribution < -0.4 is 11.5 Å². The largest absolute Gasteiger partial charge is 0.398 e. The van der Waals surface area contributed by atoms with Crippen LogP contribution in [-0.2, 0) is 20.2 Å². The molecule has 2 aliphatic carbocycles. The summed E-state index contributed by atoms with van der Waals surface area (Å²) in [4.78, 5) is 22.3. The molecule has 0 heterocycles. The first-order chi connectivity index (χ1) is 11.8. The lowest BCUT2D eigenvalue weighted by molar-refractivity contribution is 0.0969. The van der Waals surface area contributed by atoms with Gasteiger partial charge in [0.25, 0.3) is 20.2 Å². The number of hydrogen-bond acceptors (Lipinski definition) is 8. The van der Waals surface area contributed by atoms with Gasteiger partial charge in [-0.05, 0) is 6.07 Å². The molecule has 2 atom stereocenters. The number of benzene rings is 1. The normalized spacial score (nSPS) is 25.9. The Hall–Kier alpha value is -2.38. The van der Waals surface area contributed by atoms with Gasteiger partial charge in [-0.15, -0.1) is 0 Å². The maximum absolute atomic E-state index is 12.9. The maximum atomic E-state index is 12.9. The van der Waals surface area contributed by atoms with Crippen LogP contribution in [0.15, 0.2) is 41.5 Å². The van der Waals surface area contributed by atoms with Crippen molar-refractivity contribution in [3.63, 3.8) is 0 Å². The minimum absolute atomic E-state index is 0.0489. The van der Waals surface area contributed by atoms with Gasteiger partial charge in [-0.25, -0.2) is 0 Å². The molecule has 138 valence electrons. The summed E-state index contributed by atoms with van der Waals surface area (Å²) in [5.74, 6) is -1.96. The fourth-order valence-corrected chi connectivity index (χ4v) is 5.53. The lowest BCUT2D eigenvalue weighted by atomic mass is 9.77. The Morgan fingerprint density at radius 2 is 1.65 bits per heavy atom. The van der Waals surface area contributed by atoms with Crippen LogP contribution in [0.3, 0.4) is 0 Å². The van der Waals surface area contributed by atoms with E-state index in [1.165, 1.54) is 18.2 Å². The molecule has 26 heavy (non-hydrogen) atoms. The molecule has 1 aromatic carbocycles. The molecule has 0 radical (unpaired) electrons. The van der Waals surface area contributed by atoms with Crippen LogP contribution in [0.25, 0.3) is 0 Å². The van der Waals surface area contributed by atoms with E-state index >= 15 is 0 Å². The van der Waals surface area contributed by atoms with E-state index < -0.39 is 53.1 Å². The van der Waals surface area contributed by atoms with Gasteiger partial charge in [0, 0.05) is 16.8 Å². The summed E-state index contributed by atoms with van der Waals surface area (Å²) < 4.78 is 66.1. The lowest BCUT2D eigenvalue weighted by Crippen LogP contribution is -2.63. The summed E-state index contributed by atoms with van der Waals surface area (Å²) in [7, 11) is -10.6. The van der Waals surface area contributed by atoms with E-state index in [2.05, 4.69) is 0 Å². The molecule has 6 N–H and O–H groups in total. The number of carbonyl (C=O) groups excluding carboxylic acids is 2. The van der Waals surface area contributed by atoms with Crippen molar-refractivity contribution in [1.29, 1.82) is 0 Å². The van der Waals surface area contributed by atoms with E-state index in [0.29, 0.717) is 6.08 Å². The van der Waals surface area contributed by atoms with Crippen molar-refractivity contribution in [3.8, 4) is 0 Å². The zero-order valence-corrected chi connectivity index (χ0v) is 14.4. The molecule has 12 heteroatoms. The molecule has 0 saturated heterocycles. The van der Waals surface area contributed by atoms with Crippen molar-refractivity contribution in [1.82, 2.24) is 0 Å². The van der Waals surface area contributed by atoms with Crippen molar-refractivity contribution in [2.75, 3.05) is 5.73 Å². The number of nitrogens with two attached hydrogens (primary N) is 2. The third kappa shape index (κ3) is 2.27. The monoisotopic (exact) mass is 400 g/mol. The molecule has 0 bridgehead atoms. The van der Waals surface area contributed by atoms with Crippen LogP contribution in [0.5, 0.6) is 0 Å². The zero-order chi connectivity index (χ0) is 19.7. The number of nitrogen functional groups attached to an aromatic ring is 1. The summed E-state index contributed by atoms with van der Waals surface area (Å²) >= 11 is 0. The fraction of sp³-hybridized carbons (Fsp3) is 0.143. The molecule has 0 aliphatic heterocycles. The summed E-state index contributed by atoms with van der Waals surface area (Å²) in [5, 5.41) is -2.40. The molecule has 1 aromatic rings. The second-order valence-corrected chi connectivity index (χ2v) is 8.94. The molecule has 2 unspecified atom stereocenters. The Morgan fingerprint density at radius 3 is 2.19 bits per heavy atom. The van der Waals surface area contributed by atoms with E-state index in [4.69, 9.17) is 11.5 Å². The highest BCUT2D eigenvalue weighted by Crippen LogP contribution is 2.42. The van der Waals surface area contributed by atoms with E-state index in [-0.39, 0.29) is 16.8 Å². The highest BCUT2D eigenvalue weighted by molar-refractivity contribution is 7.91. The number of carbonyl (C=O) groups is 2. The highest BCUT2D eigenvalue weighted by Gasteiger charge is 2.60. The van der Waals surface area contributed by atoms with Crippen molar-refractivity contribution in [2.45, 2.75) is 10.1 Å². The molecule has 10 nitrogen and oxygen atoms in total. The predicted molar refractivity (Wildman–Crippen MR) is 89.5 cm³/mol. The van der Waals surface area contributed by atoms with Crippen LogP contribution in [0.4, 0.5) is 5.69 Å². The zero-order valence-electron chi connectivity index (χ0n) is 12.8. The van der Waals surface area contributed by atoms with Gasteiger partial charge >= 0.3 is 0 Å². The van der Waals surface area contributed by atoms with Crippen LogP contribution >= 0.6 is 0 Å². The van der Waals surface area contributed by atoms with Crippen LogP contribution in [0, 0.1) is 0 Å². The maximum Gasteiger partial charge on any atom is 0.290 e. The Balaban J connectivity index is 2.43. The highest BCUT2D eigenvalue weighted by atomic mass is 32.2. The number of Topliss-reactive ketones (excluding diaryl/α,β-unsaturated/α-hetero) is 2. The lowest BCUT2D eigenvalue weighted by Gasteiger charge is -2.37. The number of fused-ring (bicyclic) bond motifs is 1. The first-order valence-corrected chi connectivity index (χ1v) is 9.89. The smallest absolute Gasteiger partial charge is 0.290 e. The predicted octanol–water partition coefficient (Wildman–Crippen LogP) is -0.687. The molecule has 2 aliphatic rings. The van der Waals surface area contributed by atoms with E-state index in [1.54, 1.807) is 0 Å². The molecule has 3 rings (SSSR count). The van der Waals surface area contributed by atoms with Gasteiger partial charge in [-0.2, -0.15) is 16.8 Å². The van der Waals surface area contributed by atoms with E-state index in [1.807, 2.05) is 0 Å². The number of rotatable bonds is 2. The second kappa shape index (κ2) is 5.31. The number of allylic oxidation sites excluding steroid dienone is 2. The summed E-state index contributed by atoms with van der Waals surface area (Å²) in [6.07, 6.45) is 1.48. The van der Waals surface area contributed by atoms with Crippen LogP contribution in [0.1, 0.15) is 20.7 Å². The van der Waals surface area contributed by atoms with Crippen LogP contribution in [0.2, 0.25) is 0 Å². The van der Waals surface area contributed by atoms with Crippen LogP contribution in [-0.4, -0.2) is 47.6 Å². The van der Waals surface area contributed by atoms with Gasteiger partial charge in [-0.3, -0.25) is 18.7 Å². The minimum atomic E-state index is -5.47. The molecular formula is C14H12N2O8S2. The molecule has 0 spiro atoms. The summed E-state index contributed by atoms with van der Waals surface area (Å²) in [6.45, 7) is 0. The molecular weight excluding hydrogens is 388 g/mol. The summed E-state index contributed by atoms with van der Waals surface area (Å²) in [5.41, 5.74) is 9.38. The van der Waals surface area contributed by atoms with Crippen molar-refractivity contribution in [3.05, 3.63) is 52.6 Å². The topological polar surface area (TPSA) is 195 Å². The van der Waals surface area contributed by atoms with Crippen molar-refractivity contribution in [2.24, 2.45) is 5.73 Å². The summed E-state index contributed by atoms with van der Waals surface area (Å²) in [6, 6.07) is 3.86. The first-order valence-electron chi connectivity index (χ1n) is 6.95. The van der Waals surface area contributed by atoms with E-state index in [9.17, 15) is 35.5 Å².